The summed E-state index contributed by atoms with van der Waals surface area (Å²) in [6.45, 7) is 0.968. The van der Waals surface area contributed by atoms with Gasteiger partial charge in [0.2, 0.25) is 0 Å². The molecule has 0 amide bonds. The van der Waals surface area contributed by atoms with E-state index in [4.69, 9.17) is 0 Å². The minimum absolute atomic E-state index is 0. The molecule has 0 bridgehead atoms. The number of aliphatic hydroxyl groups is 1. The molecule has 0 aliphatic heterocycles. The lowest BCUT2D eigenvalue weighted by atomic mass is 10.2. The van der Waals surface area contributed by atoms with Gasteiger partial charge in [-0.15, -0.1) is 46.7 Å². The third-order valence-corrected chi connectivity index (χ3v) is 6.55. The third-order valence-electron chi connectivity index (χ3n) is 4.49. The molecular formula is C22H23IN4OS2. The van der Waals surface area contributed by atoms with Crippen LogP contribution >= 0.6 is 46.7 Å². The molecule has 2 heterocycles. The molecule has 0 fully saturated rings. The fraction of sp³-hybridized carbons (Fsp3) is 0.182. The van der Waals surface area contributed by atoms with Crippen molar-refractivity contribution in [3.63, 3.8) is 0 Å². The largest absolute Gasteiger partial charge is 0.386 e. The first-order chi connectivity index (χ1) is 14.2. The molecule has 0 radical (unpaired) electrons. The van der Waals surface area contributed by atoms with Gasteiger partial charge in [0.25, 0.3) is 0 Å². The molecule has 0 saturated carbocycles. The Labute approximate surface area is 200 Å². The van der Waals surface area contributed by atoms with Crippen LogP contribution in [0.1, 0.15) is 16.0 Å². The zero-order valence-corrected chi connectivity index (χ0v) is 20.4. The minimum Gasteiger partial charge on any atom is -0.386 e. The fourth-order valence-corrected chi connectivity index (χ4v) is 4.77. The Morgan fingerprint density at radius 2 is 1.87 bits per heavy atom. The molecule has 0 spiro atoms. The van der Waals surface area contributed by atoms with Crippen LogP contribution in [0.3, 0.4) is 0 Å². The van der Waals surface area contributed by atoms with Gasteiger partial charge in [-0.2, -0.15) is 0 Å². The zero-order valence-electron chi connectivity index (χ0n) is 16.4. The molecule has 4 aromatic rings. The molecule has 4 rings (SSSR count). The van der Waals surface area contributed by atoms with E-state index in [1.54, 1.807) is 29.7 Å². The lowest BCUT2D eigenvalue weighted by Gasteiger charge is -2.14. The van der Waals surface area contributed by atoms with Gasteiger partial charge in [-0.05, 0) is 17.5 Å². The van der Waals surface area contributed by atoms with Gasteiger partial charge in [0.15, 0.2) is 5.96 Å². The Bertz CT molecular complexity index is 1080. The number of hydrogen-bond donors (Lipinski definition) is 3. The number of thiazole rings is 1. The van der Waals surface area contributed by atoms with Gasteiger partial charge < -0.3 is 15.7 Å². The fourth-order valence-electron chi connectivity index (χ4n) is 2.97. The second kappa shape index (κ2) is 10.9. The molecule has 1 atom stereocenters. The average Bonchev–Trinajstić information content (AvgIpc) is 3.41. The summed E-state index contributed by atoms with van der Waals surface area (Å²) in [6, 6.07) is 20.3. The number of halogens is 1. The number of fused-ring (bicyclic) bond motifs is 1. The second-order valence-corrected chi connectivity index (χ2v) is 8.56. The van der Waals surface area contributed by atoms with Crippen molar-refractivity contribution < 1.29 is 5.11 Å². The van der Waals surface area contributed by atoms with Crippen LogP contribution in [-0.4, -0.2) is 29.6 Å². The van der Waals surface area contributed by atoms with Crippen LogP contribution in [0.4, 0.5) is 0 Å². The van der Waals surface area contributed by atoms with Gasteiger partial charge >= 0.3 is 0 Å². The second-order valence-electron chi connectivity index (χ2n) is 6.50. The van der Waals surface area contributed by atoms with Gasteiger partial charge in [-0.3, -0.25) is 4.99 Å². The molecule has 3 N–H and O–H groups in total. The smallest absolute Gasteiger partial charge is 0.191 e. The van der Waals surface area contributed by atoms with Crippen molar-refractivity contribution in [1.29, 1.82) is 0 Å². The highest BCUT2D eigenvalue weighted by atomic mass is 127. The number of hydrogen-bond acceptors (Lipinski definition) is 5. The molecule has 0 aliphatic carbocycles. The van der Waals surface area contributed by atoms with Crippen molar-refractivity contribution in [1.82, 2.24) is 15.6 Å². The average molecular weight is 550 g/mol. The first-order valence-electron chi connectivity index (χ1n) is 9.34. The van der Waals surface area contributed by atoms with Crippen LogP contribution in [0.5, 0.6) is 0 Å². The topological polar surface area (TPSA) is 69.5 Å². The third kappa shape index (κ3) is 5.57. The number of aliphatic hydroxyl groups excluding tert-OH is 1. The normalized spacial score (nSPS) is 12.4. The van der Waals surface area contributed by atoms with E-state index >= 15 is 0 Å². The number of thiophene rings is 1. The van der Waals surface area contributed by atoms with Crippen molar-refractivity contribution in [3.8, 4) is 11.3 Å². The molecule has 2 aromatic carbocycles. The molecule has 156 valence electrons. The number of rotatable bonds is 6. The van der Waals surface area contributed by atoms with E-state index in [2.05, 4.69) is 50.3 Å². The Balaban J connectivity index is 0.00000256. The van der Waals surface area contributed by atoms with Gasteiger partial charge in [-0.1, -0.05) is 48.5 Å². The van der Waals surface area contributed by atoms with E-state index in [-0.39, 0.29) is 24.0 Å². The quantitative estimate of drug-likeness (QED) is 0.179. The molecule has 5 nitrogen and oxygen atoms in total. The predicted octanol–water partition coefficient (Wildman–Crippen LogP) is 5.04. The molecule has 0 aliphatic rings. The Morgan fingerprint density at radius 3 is 2.63 bits per heavy atom. The van der Waals surface area contributed by atoms with Crippen molar-refractivity contribution in [2.24, 2.45) is 4.99 Å². The van der Waals surface area contributed by atoms with Crippen LogP contribution in [-0.2, 0) is 6.54 Å². The maximum Gasteiger partial charge on any atom is 0.191 e. The number of benzene rings is 2. The summed E-state index contributed by atoms with van der Waals surface area (Å²) >= 11 is 3.23. The number of aromatic nitrogens is 1. The van der Waals surface area contributed by atoms with Gasteiger partial charge in [-0.25, -0.2) is 4.98 Å². The maximum atomic E-state index is 10.5. The van der Waals surface area contributed by atoms with Crippen LogP contribution < -0.4 is 10.6 Å². The lowest BCUT2D eigenvalue weighted by molar-refractivity contribution is 0.184. The van der Waals surface area contributed by atoms with Crippen molar-refractivity contribution in [3.05, 3.63) is 75.9 Å². The zero-order chi connectivity index (χ0) is 20.1. The molecule has 2 aromatic heterocycles. The molecule has 1 unspecified atom stereocenters. The number of nitrogens with zero attached hydrogens (tertiary/aromatic N) is 2. The monoisotopic (exact) mass is 550 g/mol. The lowest BCUT2D eigenvalue weighted by Crippen LogP contribution is -2.38. The van der Waals surface area contributed by atoms with E-state index in [0.29, 0.717) is 19.0 Å². The van der Waals surface area contributed by atoms with Crippen LogP contribution in [0, 0.1) is 0 Å². The highest BCUT2D eigenvalue weighted by molar-refractivity contribution is 14.0. The summed E-state index contributed by atoms with van der Waals surface area (Å²) in [5.74, 6) is 0.640. The molecule has 8 heteroatoms. The summed E-state index contributed by atoms with van der Waals surface area (Å²) in [4.78, 5) is 9.87. The molecule has 0 saturated heterocycles. The highest BCUT2D eigenvalue weighted by Gasteiger charge is 2.12. The summed E-state index contributed by atoms with van der Waals surface area (Å²) in [5.41, 5.74) is 2.10. The van der Waals surface area contributed by atoms with E-state index in [9.17, 15) is 5.11 Å². The van der Waals surface area contributed by atoms with Gasteiger partial charge in [0, 0.05) is 34.1 Å². The van der Waals surface area contributed by atoms with E-state index < -0.39 is 6.10 Å². The SMILES string of the molecule is CN=C(NCc1nc(-c2ccccc2)cs1)NCC(O)c1cc2ccccc2s1.I. The Hall–Kier alpha value is -2.01. The van der Waals surface area contributed by atoms with Crippen molar-refractivity contribution in [2.75, 3.05) is 13.6 Å². The number of guanidine groups is 1. The predicted molar refractivity (Wildman–Crippen MR) is 138 cm³/mol. The van der Waals surface area contributed by atoms with E-state index in [1.807, 2.05) is 36.4 Å². The van der Waals surface area contributed by atoms with E-state index in [0.717, 1.165) is 26.5 Å². The van der Waals surface area contributed by atoms with E-state index in [1.165, 1.54) is 4.70 Å². The summed E-state index contributed by atoms with van der Waals surface area (Å²) in [6.07, 6.45) is -0.588. The van der Waals surface area contributed by atoms with Gasteiger partial charge in [0.1, 0.15) is 11.1 Å². The molecule has 30 heavy (non-hydrogen) atoms. The number of nitrogens with one attached hydrogen (secondary N) is 2. The van der Waals surface area contributed by atoms with Crippen molar-refractivity contribution >= 4 is 62.7 Å². The summed E-state index contributed by atoms with van der Waals surface area (Å²) in [5, 5.41) is 21.2. The van der Waals surface area contributed by atoms with Crippen LogP contribution in [0.25, 0.3) is 21.3 Å². The van der Waals surface area contributed by atoms with Crippen LogP contribution in [0.2, 0.25) is 0 Å². The summed E-state index contributed by atoms with van der Waals surface area (Å²) in [7, 11) is 1.72. The Morgan fingerprint density at radius 1 is 1.10 bits per heavy atom. The van der Waals surface area contributed by atoms with Gasteiger partial charge in [0.05, 0.1) is 12.2 Å². The Kier molecular flexibility index (Phi) is 8.20. The van der Waals surface area contributed by atoms with Crippen molar-refractivity contribution in [2.45, 2.75) is 12.6 Å². The first kappa shape index (κ1) is 22.7. The minimum atomic E-state index is -0.588. The number of aliphatic imine (C=N–C) groups is 1. The standard InChI is InChI=1S/C22H22N4OS2.HI/c1-23-22(24-12-18(27)20-11-16-9-5-6-10-19(16)29-20)25-13-21-26-17(14-28-21)15-7-3-2-4-8-15;/h2-11,14,18,27H,12-13H2,1H3,(H2,23,24,25);1H. The highest BCUT2D eigenvalue weighted by Crippen LogP contribution is 2.29. The van der Waals surface area contributed by atoms with Crippen LogP contribution in [0.15, 0.2) is 71.0 Å². The maximum absolute atomic E-state index is 10.5. The first-order valence-corrected chi connectivity index (χ1v) is 11.0. The summed E-state index contributed by atoms with van der Waals surface area (Å²) < 4.78 is 1.18. The molecular weight excluding hydrogens is 527 g/mol.